The summed E-state index contributed by atoms with van der Waals surface area (Å²) in [6.07, 6.45) is 0. The Balaban J connectivity index is 2.49. The second kappa shape index (κ2) is 4.23. The third-order valence-corrected chi connectivity index (χ3v) is 3.40. The van der Waals surface area contributed by atoms with Crippen LogP contribution >= 0.6 is 22.9 Å². The normalized spacial score (nSPS) is 10.4. The monoisotopic (exact) mass is 255 g/mol. The molecule has 16 heavy (non-hydrogen) atoms. The van der Waals surface area contributed by atoms with Gasteiger partial charge in [0.1, 0.15) is 5.82 Å². The average molecular weight is 256 g/mol. The van der Waals surface area contributed by atoms with E-state index < -0.39 is 11.6 Å². The van der Waals surface area contributed by atoms with Crippen LogP contribution in [-0.4, -0.2) is 5.78 Å². The standard InChI is InChI=1S/C11H7ClFNOS/c12-8-3-4-16-11(8)10(15)7-5-6(14)1-2-9(7)13/h1-5H,14H2. The number of thiophene rings is 1. The van der Waals surface area contributed by atoms with E-state index >= 15 is 0 Å². The number of halogens is 2. The van der Waals surface area contributed by atoms with E-state index in [0.717, 1.165) is 0 Å². The molecule has 0 aliphatic rings. The Morgan fingerprint density at radius 2 is 2.12 bits per heavy atom. The van der Waals surface area contributed by atoms with E-state index in [2.05, 4.69) is 0 Å². The maximum atomic E-state index is 13.4. The highest BCUT2D eigenvalue weighted by Crippen LogP contribution is 2.26. The molecule has 0 aliphatic heterocycles. The number of nitrogens with two attached hydrogens (primary N) is 1. The van der Waals surface area contributed by atoms with E-state index in [-0.39, 0.29) is 5.56 Å². The molecular weight excluding hydrogens is 249 g/mol. The second-order valence-electron chi connectivity index (χ2n) is 3.17. The van der Waals surface area contributed by atoms with Gasteiger partial charge in [-0.2, -0.15) is 0 Å². The molecule has 2 aromatic rings. The van der Waals surface area contributed by atoms with Crippen LogP contribution in [0.15, 0.2) is 29.6 Å². The van der Waals surface area contributed by atoms with E-state index in [1.165, 1.54) is 29.5 Å². The quantitative estimate of drug-likeness (QED) is 0.661. The highest BCUT2D eigenvalue weighted by atomic mass is 35.5. The number of hydrogen-bond acceptors (Lipinski definition) is 3. The molecule has 0 radical (unpaired) electrons. The lowest BCUT2D eigenvalue weighted by atomic mass is 10.1. The number of nitrogen functional groups attached to an aromatic ring is 1. The molecular formula is C11H7ClFNOS. The minimum atomic E-state index is -0.594. The fourth-order valence-electron chi connectivity index (χ4n) is 1.29. The highest BCUT2D eigenvalue weighted by molar-refractivity contribution is 7.13. The summed E-state index contributed by atoms with van der Waals surface area (Å²) in [5.74, 6) is -1.03. The molecule has 82 valence electrons. The van der Waals surface area contributed by atoms with Gasteiger partial charge in [0.15, 0.2) is 0 Å². The van der Waals surface area contributed by atoms with Crippen molar-refractivity contribution in [2.45, 2.75) is 0 Å². The Labute approximate surface area is 100 Å². The van der Waals surface area contributed by atoms with Gasteiger partial charge in [0.25, 0.3) is 0 Å². The maximum Gasteiger partial charge on any atom is 0.207 e. The van der Waals surface area contributed by atoms with Gasteiger partial charge in [0, 0.05) is 5.69 Å². The smallest absolute Gasteiger partial charge is 0.207 e. The Kier molecular flexibility index (Phi) is 2.94. The lowest BCUT2D eigenvalue weighted by molar-refractivity contribution is 0.103. The van der Waals surface area contributed by atoms with E-state index in [9.17, 15) is 9.18 Å². The fourth-order valence-corrected chi connectivity index (χ4v) is 2.39. The SMILES string of the molecule is Nc1ccc(F)c(C(=O)c2sccc2Cl)c1. The molecule has 1 aromatic carbocycles. The molecule has 2 N–H and O–H groups in total. The molecule has 0 atom stereocenters. The van der Waals surface area contributed by atoms with Crippen molar-refractivity contribution in [3.05, 3.63) is 50.9 Å². The van der Waals surface area contributed by atoms with Crippen molar-refractivity contribution in [2.75, 3.05) is 5.73 Å². The largest absolute Gasteiger partial charge is 0.399 e. The summed E-state index contributed by atoms with van der Waals surface area (Å²) < 4.78 is 13.4. The van der Waals surface area contributed by atoms with Crippen molar-refractivity contribution in [3.63, 3.8) is 0 Å². The van der Waals surface area contributed by atoms with Crippen molar-refractivity contribution < 1.29 is 9.18 Å². The van der Waals surface area contributed by atoms with Crippen LogP contribution in [0.4, 0.5) is 10.1 Å². The molecule has 2 rings (SSSR count). The molecule has 0 bridgehead atoms. The molecule has 0 aliphatic carbocycles. The van der Waals surface area contributed by atoms with Gasteiger partial charge < -0.3 is 5.73 Å². The van der Waals surface area contributed by atoms with Crippen LogP contribution in [0, 0.1) is 5.82 Å². The average Bonchev–Trinajstić information content (AvgIpc) is 2.67. The van der Waals surface area contributed by atoms with Gasteiger partial charge in [-0.05, 0) is 29.6 Å². The second-order valence-corrected chi connectivity index (χ2v) is 4.49. The molecule has 0 amide bonds. The molecule has 0 saturated carbocycles. The predicted octanol–water partition coefficient (Wildman–Crippen LogP) is 3.35. The van der Waals surface area contributed by atoms with Crippen LogP contribution < -0.4 is 5.73 Å². The Bertz CT molecular complexity index is 553. The first-order valence-corrected chi connectivity index (χ1v) is 5.68. The summed E-state index contributed by atoms with van der Waals surface area (Å²) in [4.78, 5) is 12.3. The third-order valence-electron chi connectivity index (χ3n) is 2.06. The lowest BCUT2D eigenvalue weighted by Gasteiger charge is -2.02. The summed E-state index contributed by atoms with van der Waals surface area (Å²) in [6, 6.07) is 5.49. The minimum absolute atomic E-state index is 0.0515. The number of anilines is 1. The van der Waals surface area contributed by atoms with E-state index in [1.807, 2.05) is 0 Å². The molecule has 5 heteroatoms. The Hall–Kier alpha value is -1.39. The lowest BCUT2D eigenvalue weighted by Crippen LogP contribution is -2.03. The molecule has 0 saturated heterocycles. The third kappa shape index (κ3) is 1.94. The zero-order valence-corrected chi connectivity index (χ0v) is 9.61. The van der Waals surface area contributed by atoms with Crippen LogP contribution in [0.1, 0.15) is 15.2 Å². The van der Waals surface area contributed by atoms with E-state index in [0.29, 0.717) is 15.6 Å². The zero-order chi connectivity index (χ0) is 11.7. The molecule has 1 aromatic heterocycles. The summed E-state index contributed by atoms with van der Waals surface area (Å²) in [5.41, 5.74) is 5.80. The van der Waals surface area contributed by atoms with Crippen molar-refractivity contribution >= 4 is 34.4 Å². The topological polar surface area (TPSA) is 43.1 Å². The molecule has 1 heterocycles. The first-order valence-electron chi connectivity index (χ1n) is 4.42. The summed E-state index contributed by atoms with van der Waals surface area (Å²) in [7, 11) is 0. The van der Waals surface area contributed by atoms with Crippen molar-refractivity contribution in [2.24, 2.45) is 0 Å². The first-order chi connectivity index (χ1) is 7.59. The Morgan fingerprint density at radius 1 is 1.38 bits per heavy atom. The number of benzene rings is 1. The first kappa shape index (κ1) is 11.1. The van der Waals surface area contributed by atoms with Crippen LogP contribution in [0.25, 0.3) is 0 Å². The maximum absolute atomic E-state index is 13.4. The Morgan fingerprint density at radius 3 is 2.75 bits per heavy atom. The van der Waals surface area contributed by atoms with Crippen LogP contribution in [0.2, 0.25) is 5.02 Å². The number of ketones is 1. The summed E-state index contributed by atoms with van der Waals surface area (Å²) in [6.45, 7) is 0. The van der Waals surface area contributed by atoms with Gasteiger partial charge in [-0.1, -0.05) is 11.6 Å². The van der Waals surface area contributed by atoms with Gasteiger partial charge in [-0.15, -0.1) is 11.3 Å². The number of hydrogen-bond donors (Lipinski definition) is 1. The van der Waals surface area contributed by atoms with Crippen molar-refractivity contribution in [1.82, 2.24) is 0 Å². The van der Waals surface area contributed by atoms with Crippen LogP contribution in [-0.2, 0) is 0 Å². The molecule has 0 unspecified atom stereocenters. The molecule has 0 spiro atoms. The van der Waals surface area contributed by atoms with E-state index in [1.54, 1.807) is 11.4 Å². The number of rotatable bonds is 2. The summed E-state index contributed by atoms with van der Waals surface area (Å²) in [5, 5.41) is 2.01. The van der Waals surface area contributed by atoms with Crippen molar-refractivity contribution in [3.8, 4) is 0 Å². The van der Waals surface area contributed by atoms with Crippen LogP contribution in [0.5, 0.6) is 0 Å². The molecule has 2 nitrogen and oxygen atoms in total. The highest BCUT2D eigenvalue weighted by Gasteiger charge is 2.18. The number of carbonyl (C=O) groups is 1. The van der Waals surface area contributed by atoms with Gasteiger partial charge in [0.2, 0.25) is 5.78 Å². The van der Waals surface area contributed by atoms with Gasteiger partial charge >= 0.3 is 0 Å². The fraction of sp³-hybridized carbons (Fsp3) is 0. The van der Waals surface area contributed by atoms with Gasteiger partial charge in [-0.3, -0.25) is 4.79 Å². The van der Waals surface area contributed by atoms with Gasteiger partial charge in [0.05, 0.1) is 15.5 Å². The summed E-state index contributed by atoms with van der Waals surface area (Å²) >= 11 is 6.99. The van der Waals surface area contributed by atoms with Gasteiger partial charge in [-0.25, -0.2) is 4.39 Å². The minimum Gasteiger partial charge on any atom is -0.399 e. The zero-order valence-electron chi connectivity index (χ0n) is 8.04. The van der Waals surface area contributed by atoms with Crippen LogP contribution in [0.3, 0.4) is 0 Å². The van der Waals surface area contributed by atoms with E-state index in [4.69, 9.17) is 17.3 Å². The number of carbonyl (C=O) groups excluding carboxylic acids is 1. The molecule has 0 fully saturated rings. The predicted molar refractivity (Wildman–Crippen MR) is 63.6 cm³/mol. The van der Waals surface area contributed by atoms with Crippen molar-refractivity contribution in [1.29, 1.82) is 0 Å².